The van der Waals surface area contributed by atoms with Gasteiger partial charge in [-0.3, -0.25) is 4.79 Å². The predicted molar refractivity (Wildman–Crippen MR) is 119 cm³/mol. The van der Waals surface area contributed by atoms with Gasteiger partial charge in [0.05, 0.1) is 22.5 Å². The van der Waals surface area contributed by atoms with Gasteiger partial charge in [-0.1, -0.05) is 48.5 Å². The lowest BCUT2D eigenvalue weighted by Crippen LogP contribution is -2.21. The highest BCUT2D eigenvalue weighted by Gasteiger charge is 2.28. The van der Waals surface area contributed by atoms with Crippen molar-refractivity contribution in [2.45, 2.75) is 13.5 Å². The zero-order valence-corrected chi connectivity index (χ0v) is 16.9. The Morgan fingerprint density at radius 3 is 2.55 bits per heavy atom. The summed E-state index contributed by atoms with van der Waals surface area (Å²) in [5, 5.41) is 14.9. The van der Waals surface area contributed by atoms with Crippen LogP contribution in [0.15, 0.2) is 89.5 Å². The summed E-state index contributed by atoms with van der Waals surface area (Å²) in [4.78, 5) is 24.1. The molecule has 6 heteroatoms. The Kier molecular flexibility index (Phi) is 5.62. The van der Waals surface area contributed by atoms with Gasteiger partial charge in [0.25, 0.3) is 5.91 Å². The van der Waals surface area contributed by atoms with Crippen LogP contribution in [0.5, 0.6) is 5.75 Å². The monoisotopic (exact) mass is 412 g/mol. The molecule has 1 aliphatic rings. The minimum Gasteiger partial charge on any atom is -0.488 e. The van der Waals surface area contributed by atoms with E-state index in [9.17, 15) is 9.59 Å². The van der Waals surface area contributed by atoms with E-state index in [2.05, 4.69) is 5.10 Å². The summed E-state index contributed by atoms with van der Waals surface area (Å²) in [6, 6.07) is 23.3. The van der Waals surface area contributed by atoms with Gasteiger partial charge >= 0.3 is 5.97 Å². The molecule has 3 aromatic carbocycles. The van der Waals surface area contributed by atoms with Crippen LogP contribution in [-0.2, 0) is 11.4 Å². The summed E-state index contributed by atoms with van der Waals surface area (Å²) in [5.74, 6) is -0.591. The van der Waals surface area contributed by atoms with E-state index in [1.165, 1.54) is 11.1 Å². The highest BCUT2D eigenvalue weighted by molar-refractivity contribution is 6.32. The van der Waals surface area contributed by atoms with Gasteiger partial charge in [0.2, 0.25) is 0 Å². The fraction of sp³-hybridized carbons (Fsp3) is 0.0800. The SMILES string of the molecule is CC1=NN(c2ccccc2)C(=O)/C1=C/c1ccccc1OCc1cccc(C(=O)O)c1. The lowest BCUT2D eigenvalue weighted by Gasteiger charge is -2.12. The van der Waals surface area contributed by atoms with E-state index in [1.807, 2.05) is 60.7 Å². The number of nitrogens with zero attached hydrogens (tertiary/aromatic N) is 2. The van der Waals surface area contributed by atoms with E-state index < -0.39 is 5.97 Å². The third-order valence-corrected chi connectivity index (χ3v) is 4.85. The van der Waals surface area contributed by atoms with Crippen LogP contribution in [0, 0.1) is 0 Å². The van der Waals surface area contributed by atoms with Gasteiger partial charge < -0.3 is 9.84 Å². The molecular formula is C25H20N2O4. The van der Waals surface area contributed by atoms with Gasteiger partial charge in [0, 0.05) is 5.56 Å². The molecule has 0 saturated heterocycles. The van der Waals surface area contributed by atoms with Crippen molar-refractivity contribution in [3.8, 4) is 5.75 Å². The van der Waals surface area contributed by atoms with Crippen molar-refractivity contribution < 1.29 is 19.4 Å². The van der Waals surface area contributed by atoms with Gasteiger partial charge in [0.1, 0.15) is 12.4 Å². The van der Waals surface area contributed by atoms with Crippen LogP contribution in [0.4, 0.5) is 5.69 Å². The van der Waals surface area contributed by atoms with Gasteiger partial charge in [-0.05, 0) is 48.9 Å². The number of carbonyl (C=O) groups excluding carboxylic acids is 1. The quantitative estimate of drug-likeness (QED) is 0.592. The summed E-state index contributed by atoms with van der Waals surface area (Å²) in [5.41, 5.74) is 3.52. The number of rotatable bonds is 6. The number of benzene rings is 3. The van der Waals surface area contributed by atoms with Crippen LogP contribution in [-0.4, -0.2) is 22.7 Å². The van der Waals surface area contributed by atoms with Crippen molar-refractivity contribution in [2.75, 3.05) is 5.01 Å². The first-order valence-corrected chi connectivity index (χ1v) is 9.74. The number of para-hydroxylation sites is 2. The molecule has 1 aliphatic heterocycles. The molecule has 6 nitrogen and oxygen atoms in total. The number of anilines is 1. The average Bonchev–Trinajstić information content (AvgIpc) is 3.07. The first-order chi connectivity index (χ1) is 15.0. The maximum absolute atomic E-state index is 13.0. The molecule has 0 aromatic heterocycles. The highest BCUT2D eigenvalue weighted by Crippen LogP contribution is 2.28. The number of carboxylic acids is 1. The van der Waals surface area contributed by atoms with E-state index in [1.54, 1.807) is 25.1 Å². The number of aromatic carboxylic acids is 1. The van der Waals surface area contributed by atoms with Gasteiger partial charge in [0.15, 0.2) is 0 Å². The zero-order chi connectivity index (χ0) is 21.8. The minimum absolute atomic E-state index is 0.201. The lowest BCUT2D eigenvalue weighted by atomic mass is 10.1. The molecule has 0 saturated carbocycles. The number of amides is 1. The average molecular weight is 412 g/mol. The molecule has 4 rings (SSSR count). The second-order valence-electron chi connectivity index (χ2n) is 7.03. The standard InChI is InChI=1S/C25H20N2O4/c1-17-22(24(28)27(26-17)21-11-3-2-4-12-21)15-19-9-5-6-13-23(19)31-16-18-8-7-10-20(14-18)25(29)30/h2-15H,16H2,1H3,(H,29,30)/b22-15+. The van der Waals surface area contributed by atoms with E-state index >= 15 is 0 Å². The van der Waals surface area contributed by atoms with Crippen molar-refractivity contribution in [3.63, 3.8) is 0 Å². The molecule has 1 heterocycles. The molecule has 0 atom stereocenters. The molecule has 0 spiro atoms. The van der Waals surface area contributed by atoms with Gasteiger partial charge in [-0.15, -0.1) is 0 Å². The maximum atomic E-state index is 13.0. The molecule has 0 aliphatic carbocycles. The van der Waals surface area contributed by atoms with Crippen molar-refractivity contribution in [1.29, 1.82) is 0 Å². The van der Waals surface area contributed by atoms with Crippen LogP contribution < -0.4 is 9.75 Å². The summed E-state index contributed by atoms with van der Waals surface area (Å²) in [6.07, 6.45) is 1.77. The van der Waals surface area contributed by atoms with Crippen molar-refractivity contribution >= 4 is 29.4 Å². The lowest BCUT2D eigenvalue weighted by molar-refractivity contribution is -0.114. The van der Waals surface area contributed by atoms with Crippen LogP contribution in [0.2, 0.25) is 0 Å². The highest BCUT2D eigenvalue weighted by atomic mass is 16.5. The first kappa shape index (κ1) is 20.1. The number of hydrazone groups is 1. The molecular weight excluding hydrogens is 392 g/mol. The molecule has 3 aromatic rings. The van der Waals surface area contributed by atoms with E-state index in [0.717, 1.165) is 11.1 Å². The molecule has 0 unspecified atom stereocenters. The second kappa shape index (κ2) is 8.67. The van der Waals surface area contributed by atoms with E-state index in [0.29, 0.717) is 22.7 Å². The molecule has 0 fully saturated rings. The van der Waals surface area contributed by atoms with Crippen LogP contribution in [0.3, 0.4) is 0 Å². The zero-order valence-electron chi connectivity index (χ0n) is 16.9. The number of carboxylic acid groups (broad SMARTS) is 1. The Morgan fingerprint density at radius 1 is 1.03 bits per heavy atom. The normalized spacial score (nSPS) is 14.6. The third kappa shape index (κ3) is 4.38. The smallest absolute Gasteiger partial charge is 0.335 e. The fourth-order valence-corrected chi connectivity index (χ4v) is 3.27. The maximum Gasteiger partial charge on any atom is 0.335 e. The Balaban J connectivity index is 1.57. The van der Waals surface area contributed by atoms with Crippen LogP contribution in [0.25, 0.3) is 6.08 Å². The predicted octanol–water partition coefficient (Wildman–Crippen LogP) is 4.77. The van der Waals surface area contributed by atoms with Gasteiger partial charge in [-0.25, -0.2) is 4.79 Å². The van der Waals surface area contributed by atoms with Crippen molar-refractivity contribution in [2.24, 2.45) is 5.10 Å². The van der Waals surface area contributed by atoms with Crippen LogP contribution in [0.1, 0.15) is 28.4 Å². The van der Waals surface area contributed by atoms with E-state index in [4.69, 9.17) is 9.84 Å². The molecule has 31 heavy (non-hydrogen) atoms. The third-order valence-electron chi connectivity index (χ3n) is 4.85. The first-order valence-electron chi connectivity index (χ1n) is 9.74. The number of hydrogen-bond acceptors (Lipinski definition) is 4. The fourth-order valence-electron chi connectivity index (χ4n) is 3.27. The summed E-state index contributed by atoms with van der Waals surface area (Å²) in [6.45, 7) is 2.01. The topological polar surface area (TPSA) is 79.2 Å². The molecule has 1 N–H and O–H groups in total. The van der Waals surface area contributed by atoms with Crippen molar-refractivity contribution in [1.82, 2.24) is 0 Å². The minimum atomic E-state index is -0.982. The van der Waals surface area contributed by atoms with Crippen LogP contribution >= 0.6 is 0 Å². The largest absolute Gasteiger partial charge is 0.488 e. The summed E-state index contributed by atoms with van der Waals surface area (Å²) >= 11 is 0. The number of ether oxygens (including phenoxy) is 1. The molecule has 0 radical (unpaired) electrons. The van der Waals surface area contributed by atoms with Gasteiger partial charge in [-0.2, -0.15) is 10.1 Å². The molecule has 154 valence electrons. The Hall–Kier alpha value is -4.19. The van der Waals surface area contributed by atoms with Crippen molar-refractivity contribution in [3.05, 3.63) is 101 Å². The summed E-state index contributed by atoms with van der Waals surface area (Å²) < 4.78 is 5.95. The molecule has 0 bridgehead atoms. The number of hydrogen-bond donors (Lipinski definition) is 1. The Morgan fingerprint density at radius 2 is 1.77 bits per heavy atom. The Bertz CT molecular complexity index is 1200. The summed E-state index contributed by atoms with van der Waals surface area (Å²) in [7, 11) is 0. The molecule has 1 amide bonds. The van der Waals surface area contributed by atoms with E-state index in [-0.39, 0.29) is 18.1 Å². The Labute approximate surface area is 179 Å². The number of carbonyl (C=O) groups is 2. The second-order valence-corrected chi connectivity index (χ2v) is 7.03.